The Morgan fingerprint density at radius 2 is 1.77 bits per heavy atom. The van der Waals surface area contributed by atoms with E-state index in [0.717, 1.165) is 16.9 Å². The summed E-state index contributed by atoms with van der Waals surface area (Å²) in [5, 5.41) is 14.9. The highest BCUT2D eigenvalue weighted by Gasteiger charge is 2.08. The fraction of sp³-hybridized carbons (Fsp3) is 0.167. The van der Waals surface area contributed by atoms with Gasteiger partial charge in [-0.25, -0.2) is 0 Å². The maximum absolute atomic E-state index is 6.05. The van der Waals surface area contributed by atoms with E-state index in [2.05, 4.69) is 25.8 Å². The number of benzene rings is 2. The number of nitrogens with one attached hydrogen (secondary N) is 2. The van der Waals surface area contributed by atoms with E-state index < -0.39 is 0 Å². The van der Waals surface area contributed by atoms with Gasteiger partial charge in [-0.2, -0.15) is 10.1 Å². The standard InChI is InChI=1S/C18H18ClN5O2/c1-11-4-5-12(19)8-14(11)22-17-10-20-24-18(23-17)21-13-6-7-15(25-2)16(9-13)26-3/h4-10H,1-3H3,(H2,21,22,23,24). The molecular weight excluding hydrogens is 354 g/mol. The number of methoxy groups -OCH3 is 2. The molecule has 0 saturated heterocycles. The first-order valence-electron chi connectivity index (χ1n) is 7.81. The number of aryl methyl sites for hydroxylation is 1. The summed E-state index contributed by atoms with van der Waals surface area (Å²) in [5.74, 6) is 2.15. The third kappa shape index (κ3) is 4.12. The van der Waals surface area contributed by atoms with Crippen LogP contribution in [-0.4, -0.2) is 29.4 Å². The van der Waals surface area contributed by atoms with Crippen molar-refractivity contribution in [3.8, 4) is 11.5 Å². The quantitative estimate of drug-likeness (QED) is 0.667. The Hall–Kier alpha value is -3.06. The molecule has 3 aromatic rings. The normalized spacial score (nSPS) is 10.3. The minimum absolute atomic E-state index is 0.349. The fourth-order valence-electron chi connectivity index (χ4n) is 2.33. The first-order chi connectivity index (χ1) is 12.6. The summed E-state index contributed by atoms with van der Waals surface area (Å²) in [6.07, 6.45) is 1.54. The Kier molecular flexibility index (Phi) is 5.38. The highest BCUT2D eigenvalue weighted by Crippen LogP contribution is 2.30. The second-order valence-electron chi connectivity index (χ2n) is 5.44. The van der Waals surface area contributed by atoms with Crippen LogP contribution in [0.3, 0.4) is 0 Å². The Morgan fingerprint density at radius 3 is 2.54 bits per heavy atom. The Morgan fingerprint density at radius 1 is 0.962 bits per heavy atom. The van der Waals surface area contributed by atoms with E-state index in [0.29, 0.717) is 28.3 Å². The monoisotopic (exact) mass is 371 g/mol. The SMILES string of the molecule is COc1ccc(Nc2nncc(Nc3cc(Cl)ccc3C)n2)cc1OC. The summed E-state index contributed by atoms with van der Waals surface area (Å²) < 4.78 is 10.5. The average molecular weight is 372 g/mol. The number of anilines is 4. The maximum atomic E-state index is 6.05. The van der Waals surface area contributed by atoms with Crippen molar-refractivity contribution < 1.29 is 9.47 Å². The van der Waals surface area contributed by atoms with Crippen LogP contribution in [0.25, 0.3) is 0 Å². The lowest BCUT2D eigenvalue weighted by molar-refractivity contribution is 0.355. The molecular formula is C18H18ClN5O2. The predicted molar refractivity (Wildman–Crippen MR) is 102 cm³/mol. The van der Waals surface area contributed by atoms with E-state index in [1.54, 1.807) is 32.5 Å². The van der Waals surface area contributed by atoms with Crippen LogP contribution in [0.2, 0.25) is 5.02 Å². The van der Waals surface area contributed by atoms with Gasteiger partial charge in [0, 0.05) is 22.5 Å². The molecule has 134 valence electrons. The van der Waals surface area contributed by atoms with Gasteiger partial charge < -0.3 is 20.1 Å². The van der Waals surface area contributed by atoms with Crippen LogP contribution in [0.1, 0.15) is 5.56 Å². The summed E-state index contributed by atoms with van der Waals surface area (Å²) >= 11 is 6.05. The first kappa shape index (κ1) is 17.8. The maximum Gasteiger partial charge on any atom is 0.249 e. The van der Waals surface area contributed by atoms with Crippen molar-refractivity contribution in [3.63, 3.8) is 0 Å². The molecule has 0 spiro atoms. The molecule has 2 aromatic carbocycles. The molecule has 1 heterocycles. The lowest BCUT2D eigenvalue weighted by atomic mass is 10.2. The van der Waals surface area contributed by atoms with Crippen molar-refractivity contribution in [3.05, 3.63) is 53.2 Å². The van der Waals surface area contributed by atoms with Crippen molar-refractivity contribution in [2.75, 3.05) is 24.9 Å². The molecule has 26 heavy (non-hydrogen) atoms. The summed E-state index contributed by atoms with van der Waals surface area (Å²) in [5.41, 5.74) is 2.65. The van der Waals surface area contributed by atoms with Crippen molar-refractivity contribution in [1.82, 2.24) is 15.2 Å². The molecule has 0 aliphatic rings. The van der Waals surface area contributed by atoms with E-state index in [9.17, 15) is 0 Å². The van der Waals surface area contributed by atoms with Gasteiger partial charge in [-0.05, 0) is 36.8 Å². The number of aromatic nitrogens is 3. The minimum atomic E-state index is 0.349. The minimum Gasteiger partial charge on any atom is -0.493 e. The molecule has 8 heteroatoms. The van der Waals surface area contributed by atoms with Gasteiger partial charge in [0.05, 0.1) is 20.4 Å². The van der Waals surface area contributed by atoms with Crippen LogP contribution < -0.4 is 20.1 Å². The molecule has 0 aliphatic heterocycles. The molecule has 2 N–H and O–H groups in total. The van der Waals surface area contributed by atoms with Gasteiger partial charge in [0.15, 0.2) is 17.3 Å². The summed E-state index contributed by atoms with van der Waals surface area (Å²) in [6.45, 7) is 1.98. The van der Waals surface area contributed by atoms with Crippen LogP contribution in [-0.2, 0) is 0 Å². The van der Waals surface area contributed by atoms with Gasteiger partial charge in [-0.1, -0.05) is 17.7 Å². The van der Waals surface area contributed by atoms with Gasteiger partial charge in [0.1, 0.15) is 0 Å². The van der Waals surface area contributed by atoms with E-state index >= 15 is 0 Å². The van der Waals surface area contributed by atoms with Gasteiger partial charge in [-0.15, -0.1) is 5.10 Å². The molecule has 7 nitrogen and oxygen atoms in total. The molecule has 0 saturated carbocycles. The lowest BCUT2D eigenvalue weighted by Gasteiger charge is -2.11. The molecule has 1 aromatic heterocycles. The summed E-state index contributed by atoms with van der Waals surface area (Å²) in [7, 11) is 3.17. The predicted octanol–water partition coefficient (Wildman–Crippen LogP) is 4.34. The van der Waals surface area contributed by atoms with Crippen LogP contribution >= 0.6 is 11.6 Å². The van der Waals surface area contributed by atoms with Gasteiger partial charge in [0.25, 0.3) is 0 Å². The van der Waals surface area contributed by atoms with Crippen molar-refractivity contribution in [2.45, 2.75) is 6.92 Å². The fourth-order valence-corrected chi connectivity index (χ4v) is 2.50. The van der Waals surface area contributed by atoms with Gasteiger partial charge >= 0.3 is 0 Å². The molecule has 0 unspecified atom stereocenters. The lowest BCUT2D eigenvalue weighted by Crippen LogP contribution is -2.03. The molecule has 0 radical (unpaired) electrons. The largest absolute Gasteiger partial charge is 0.493 e. The number of rotatable bonds is 6. The molecule has 3 rings (SSSR count). The van der Waals surface area contributed by atoms with E-state index in [-0.39, 0.29) is 0 Å². The Labute approximate surface area is 156 Å². The summed E-state index contributed by atoms with van der Waals surface area (Å²) in [4.78, 5) is 4.42. The zero-order valence-electron chi connectivity index (χ0n) is 14.6. The van der Waals surface area contributed by atoms with Crippen molar-refractivity contribution in [1.29, 1.82) is 0 Å². The summed E-state index contributed by atoms with van der Waals surface area (Å²) in [6, 6.07) is 11.0. The molecule has 0 fully saturated rings. The zero-order chi connectivity index (χ0) is 18.5. The van der Waals surface area contributed by atoms with Crippen LogP contribution in [0.5, 0.6) is 11.5 Å². The average Bonchev–Trinajstić information content (AvgIpc) is 2.65. The topological polar surface area (TPSA) is 81.2 Å². The molecule has 0 atom stereocenters. The third-order valence-electron chi connectivity index (χ3n) is 3.66. The van der Waals surface area contributed by atoms with Gasteiger partial charge in [0.2, 0.25) is 5.95 Å². The van der Waals surface area contributed by atoms with Crippen LogP contribution in [0.4, 0.5) is 23.1 Å². The number of nitrogens with zero attached hydrogens (tertiary/aromatic N) is 3. The highest BCUT2D eigenvalue weighted by atomic mass is 35.5. The first-order valence-corrected chi connectivity index (χ1v) is 8.19. The zero-order valence-corrected chi connectivity index (χ0v) is 15.3. The van der Waals surface area contributed by atoms with E-state index in [4.69, 9.17) is 21.1 Å². The van der Waals surface area contributed by atoms with Crippen LogP contribution in [0.15, 0.2) is 42.6 Å². The van der Waals surface area contributed by atoms with Crippen LogP contribution in [0, 0.1) is 6.92 Å². The number of hydrogen-bond acceptors (Lipinski definition) is 7. The second kappa shape index (κ2) is 7.88. The van der Waals surface area contributed by atoms with E-state index in [1.807, 2.05) is 31.2 Å². The third-order valence-corrected chi connectivity index (χ3v) is 3.90. The molecule has 0 amide bonds. The van der Waals surface area contributed by atoms with Gasteiger partial charge in [-0.3, -0.25) is 0 Å². The van der Waals surface area contributed by atoms with Crippen molar-refractivity contribution in [2.24, 2.45) is 0 Å². The van der Waals surface area contributed by atoms with E-state index in [1.165, 1.54) is 0 Å². The smallest absolute Gasteiger partial charge is 0.249 e. The number of hydrogen-bond donors (Lipinski definition) is 2. The highest BCUT2D eigenvalue weighted by molar-refractivity contribution is 6.30. The second-order valence-corrected chi connectivity index (χ2v) is 5.88. The Balaban J connectivity index is 1.80. The number of ether oxygens (including phenoxy) is 2. The molecule has 0 bridgehead atoms. The molecule has 0 aliphatic carbocycles. The van der Waals surface area contributed by atoms with Crippen molar-refractivity contribution >= 4 is 34.7 Å². The Bertz CT molecular complexity index is 920. The number of halogens is 1.